The zero-order valence-electron chi connectivity index (χ0n) is 19.6. The van der Waals surface area contributed by atoms with Gasteiger partial charge in [0.2, 0.25) is 0 Å². The Labute approximate surface area is 191 Å². The van der Waals surface area contributed by atoms with Crippen molar-refractivity contribution >= 4 is 17.6 Å². The van der Waals surface area contributed by atoms with Gasteiger partial charge in [0.1, 0.15) is 0 Å². The van der Waals surface area contributed by atoms with Gasteiger partial charge in [-0.05, 0) is 81.5 Å². The van der Waals surface area contributed by atoms with E-state index in [-0.39, 0.29) is 29.6 Å². The van der Waals surface area contributed by atoms with Crippen molar-refractivity contribution in [2.75, 3.05) is 25.0 Å². The third-order valence-corrected chi connectivity index (χ3v) is 8.22. The molecule has 1 aromatic carbocycles. The Balaban J connectivity index is 1.19. The minimum absolute atomic E-state index is 0.0420. The number of benzene rings is 1. The molecule has 174 valence electrons. The fourth-order valence-corrected chi connectivity index (χ4v) is 5.94. The molecule has 6 heteroatoms. The second-order valence-corrected chi connectivity index (χ2v) is 10.5. The first kappa shape index (κ1) is 21.7. The molecule has 1 N–H and O–H groups in total. The molecule has 1 spiro atoms. The van der Waals surface area contributed by atoms with Crippen LogP contribution in [-0.4, -0.2) is 59.1 Å². The summed E-state index contributed by atoms with van der Waals surface area (Å²) >= 11 is 0. The van der Waals surface area contributed by atoms with E-state index in [1.807, 2.05) is 23.1 Å². The molecule has 6 nitrogen and oxygen atoms in total. The molecular formula is C26H37N3O3. The molecule has 2 saturated carbocycles. The Hall–Kier alpha value is -2.08. The molecule has 2 heterocycles. The van der Waals surface area contributed by atoms with Crippen LogP contribution in [0.3, 0.4) is 0 Å². The van der Waals surface area contributed by atoms with Gasteiger partial charge in [-0.1, -0.05) is 25.3 Å². The highest BCUT2D eigenvalue weighted by Gasteiger charge is 2.62. The van der Waals surface area contributed by atoms with Crippen LogP contribution < -0.4 is 5.32 Å². The lowest BCUT2D eigenvalue weighted by Gasteiger charge is -2.62. The fraction of sp³-hybridized carbons (Fsp3) is 0.692. The van der Waals surface area contributed by atoms with Crippen LogP contribution in [0.15, 0.2) is 18.2 Å². The Morgan fingerprint density at radius 2 is 1.78 bits per heavy atom. The minimum atomic E-state index is -0.227. The summed E-state index contributed by atoms with van der Waals surface area (Å²) in [6, 6.07) is 6.21. The van der Waals surface area contributed by atoms with Crippen LogP contribution in [-0.2, 0) is 9.53 Å². The summed E-state index contributed by atoms with van der Waals surface area (Å²) in [5.41, 5.74) is 3.15. The van der Waals surface area contributed by atoms with Gasteiger partial charge >= 0.3 is 6.03 Å². The number of aryl methyl sites for hydroxylation is 2. The first-order valence-corrected chi connectivity index (χ1v) is 12.6. The lowest BCUT2D eigenvalue weighted by atomic mass is 9.68. The number of likely N-dealkylation sites (tertiary alicyclic amines) is 2. The van der Waals surface area contributed by atoms with E-state index in [4.69, 9.17) is 4.74 Å². The van der Waals surface area contributed by atoms with Crippen molar-refractivity contribution in [2.45, 2.75) is 89.3 Å². The van der Waals surface area contributed by atoms with Crippen molar-refractivity contribution in [3.05, 3.63) is 29.3 Å². The second-order valence-electron chi connectivity index (χ2n) is 10.5. The smallest absolute Gasteiger partial charge is 0.321 e. The third kappa shape index (κ3) is 4.02. The number of ether oxygens (including phenoxy) is 1. The molecule has 2 aliphatic carbocycles. The highest BCUT2D eigenvalue weighted by Crippen LogP contribution is 2.48. The van der Waals surface area contributed by atoms with E-state index < -0.39 is 0 Å². The molecule has 1 atom stereocenters. The lowest BCUT2D eigenvalue weighted by Crippen LogP contribution is -2.78. The number of hydrogen-bond donors (Lipinski definition) is 1. The lowest BCUT2D eigenvalue weighted by molar-refractivity contribution is -0.211. The molecule has 0 aromatic heterocycles. The van der Waals surface area contributed by atoms with E-state index >= 15 is 0 Å². The number of urea groups is 1. The summed E-state index contributed by atoms with van der Waals surface area (Å²) in [7, 11) is 0. The predicted octanol–water partition coefficient (Wildman–Crippen LogP) is 4.64. The Kier molecular flexibility index (Phi) is 5.91. The van der Waals surface area contributed by atoms with Crippen LogP contribution in [0.5, 0.6) is 0 Å². The van der Waals surface area contributed by atoms with Gasteiger partial charge < -0.3 is 19.9 Å². The van der Waals surface area contributed by atoms with E-state index in [1.165, 1.54) is 43.2 Å². The van der Waals surface area contributed by atoms with Crippen LogP contribution in [0.25, 0.3) is 0 Å². The third-order valence-electron chi connectivity index (χ3n) is 8.22. The summed E-state index contributed by atoms with van der Waals surface area (Å²) in [5, 5.41) is 3.04. The maximum absolute atomic E-state index is 13.2. The largest absolute Gasteiger partial charge is 0.366 e. The molecule has 2 aliphatic heterocycles. The van der Waals surface area contributed by atoms with Crippen LogP contribution in [0.2, 0.25) is 0 Å². The van der Waals surface area contributed by atoms with E-state index in [1.54, 1.807) is 0 Å². The summed E-state index contributed by atoms with van der Waals surface area (Å²) in [6.07, 6.45) is 9.75. The maximum Gasteiger partial charge on any atom is 0.321 e. The number of hydrogen-bond acceptors (Lipinski definition) is 3. The van der Waals surface area contributed by atoms with Gasteiger partial charge in [-0.2, -0.15) is 0 Å². The van der Waals surface area contributed by atoms with Crippen LogP contribution >= 0.6 is 0 Å². The number of piperidine rings is 1. The average Bonchev–Trinajstić information content (AvgIpc) is 3.62. The van der Waals surface area contributed by atoms with E-state index in [2.05, 4.69) is 24.1 Å². The molecule has 2 saturated heterocycles. The normalized spacial score (nSPS) is 25.7. The van der Waals surface area contributed by atoms with Gasteiger partial charge in [-0.3, -0.25) is 4.79 Å². The molecule has 5 rings (SSSR count). The highest BCUT2D eigenvalue weighted by atomic mass is 16.5. The number of anilines is 1. The summed E-state index contributed by atoms with van der Waals surface area (Å²) < 4.78 is 6.21. The minimum Gasteiger partial charge on any atom is -0.366 e. The van der Waals surface area contributed by atoms with Gasteiger partial charge in [0.05, 0.1) is 12.1 Å². The molecule has 3 amide bonds. The van der Waals surface area contributed by atoms with Crippen molar-refractivity contribution in [3.63, 3.8) is 0 Å². The number of amides is 3. The van der Waals surface area contributed by atoms with Crippen LogP contribution in [0.4, 0.5) is 10.5 Å². The molecule has 4 aliphatic rings. The predicted molar refractivity (Wildman–Crippen MR) is 125 cm³/mol. The average molecular weight is 440 g/mol. The van der Waals surface area contributed by atoms with E-state index in [9.17, 15) is 9.59 Å². The molecule has 4 fully saturated rings. The highest BCUT2D eigenvalue weighted by molar-refractivity contribution is 5.91. The SMILES string of the molecule is Cc1ccc(NC(=O)N2CCC(N3C(=O)C(OCC4CC4)C34CCCCC4)CC2)cc1C. The molecular weight excluding hydrogens is 402 g/mol. The number of nitrogens with zero attached hydrogens (tertiary/aromatic N) is 2. The molecule has 0 bridgehead atoms. The van der Waals surface area contributed by atoms with Gasteiger partial charge in [0.15, 0.2) is 6.10 Å². The van der Waals surface area contributed by atoms with Gasteiger partial charge in [-0.15, -0.1) is 0 Å². The van der Waals surface area contributed by atoms with Crippen molar-refractivity contribution in [3.8, 4) is 0 Å². The van der Waals surface area contributed by atoms with Gasteiger partial charge in [0, 0.05) is 24.8 Å². The Bertz CT molecular complexity index is 867. The quantitative estimate of drug-likeness (QED) is 0.680. The topological polar surface area (TPSA) is 61.9 Å². The van der Waals surface area contributed by atoms with Crippen LogP contribution in [0.1, 0.15) is 68.9 Å². The van der Waals surface area contributed by atoms with Crippen molar-refractivity contribution in [1.29, 1.82) is 0 Å². The Morgan fingerprint density at radius 1 is 1.06 bits per heavy atom. The molecule has 1 aromatic rings. The first-order chi connectivity index (χ1) is 15.5. The molecule has 32 heavy (non-hydrogen) atoms. The summed E-state index contributed by atoms with van der Waals surface area (Å²) in [5.74, 6) is 0.877. The van der Waals surface area contributed by atoms with Crippen molar-refractivity contribution < 1.29 is 14.3 Å². The summed E-state index contributed by atoms with van der Waals surface area (Å²) in [4.78, 5) is 30.1. The zero-order valence-corrected chi connectivity index (χ0v) is 19.6. The zero-order chi connectivity index (χ0) is 22.3. The number of carbonyl (C=O) groups excluding carboxylic acids is 2. The van der Waals surface area contributed by atoms with Crippen LogP contribution in [0, 0.1) is 19.8 Å². The van der Waals surface area contributed by atoms with Gasteiger partial charge in [-0.25, -0.2) is 4.79 Å². The van der Waals surface area contributed by atoms with E-state index in [0.29, 0.717) is 19.0 Å². The van der Waals surface area contributed by atoms with Crippen molar-refractivity contribution in [1.82, 2.24) is 9.80 Å². The van der Waals surface area contributed by atoms with Gasteiger partial charge in [0.25, 0.3) is 5.91 Å². The van der Waals surface area contributed by atoms with E-state index in [0.717, 1.165) is 38.0 Å². The number of rotatable bonds is 5. The number of carbonyl (C=O) groups is 2. The number of β-lactam (4-membered cyclic amide) rings is 1. The molecule has 1 unspecified atom stereocenters. The monoisotopic (exact) mass is 439 g/mol. The Morgan fingerprint density at radius 3 is 2.44 bits per heavy atom. The maximum atomic E-state index is 13.2. The number of nitrogens with one attached hydrogen (secondary N) is 1. The van der Waals surface area contributed by atoms with Crippen molar-refractivity contribution in [2.24, 2.45) is 5.92 Å². The summed E-state index contributed by atoms with van der Waals surface area (Å²) in [6.45, 7) is 6.26. The first-order valence-electron chi connectivity index (χ1n) is 12.6. The second kappa shape index (κ2) is 8.69. The fourth-order valence-electron chi connectivity index (χ4n) is 5.94. The molecule has 0 radical (unpaired) electrons. The standard InChI is InChI=1S/C26H37N3O3/c1-18-6-9-21(16-19(18)2)27-25(31)28-14-10-22(11-15-28)29-24(30)23(32-17-20-7-8-20)26(29)12-4-3-5-13-26/h6,9,16,20,22-23H,3-5,7-8,10-15,17H2,1-2H3,(H,27,31).